The van der Waals surface area contributed by atoms with Gasteiger partial charge in [-0.25, -0.2) is 15.0 Å². The van der Waals surface area contributed by atoms with Gasteiger partial charge in [-0.3, -0.25) is 0 Å². The van der Waals surface area contributed by atoms with Gasteiger partial charge in [0.25, 0.3) is 0 Å². The van der Waals surface area contributed by atoms with Gasteiger partial charge >= 0.3 is 0 Å². The largest absolute Gasteiger partial charge is 0.455 e. The van der Waals surface area contributed by atoms with Crippen LogP contribution in [0.4, 0.5) is 0 Å². The van der Waals surface area contributed by atoms with Crippen molar-refractivity contribution in [2.75, 3.05) is 0 Å². The van der Waals surface area contributed by atoms with Crippen molar-refractivity contribution in [2.24, 2.45) is 0 Å². The summed E-state index contributed by atoms with van der Waals surface area (Å²) in [5.41, 5.74) is 6.97. The van der Waals surface area contributed by atoms with Gasteiger partial charge in [0.1, 0.15) is 17.2 Å². The lowest BCUT2D eigenvalue weighted by molar-refractivity contribution is 0.669. The molecule has 11 aromatic rings. The zero-order valence-electron chi connectivity index (χ0n) is 28.0. The van der Waals surface area contributed by atoms with E-state index in [4.69, 9.17) is 19.4 Å². The summed E-state index contributed by atoms with van der Waals surface area (Å²) in [4.78, 5) is 15.0. The lowest BCUT2D eigenvalue weighted by atomic mass is 10.0. The van der Waals surface area contributed by atoms with Crippen molar-refractivity contribution in [1.82, 2.24) is 19.5 Å². The van der Waals surface area contributed by atoms with E-state index in [-0.39, 0.29) is 0 Å². The predicted octanol–water partition coefficient (Wildman–Crippen LogP) is 12.1. The van der Waals surface area contributed by atoms with Gasteiger partial charge in [-0.2, -0.15) is 5.26 Å². The predicted molar refractivity (Wildman–Crippen MR) is 215 cm³/mol. The van der Waals surface area contributed by atoms with Gasteiger partial charge in [0.05, 0.1) is 33.2 Å². The van der Waals surface area contributed by atoms with E-state index in [0.717, 1.165) is 44.0 Å². The highest BCUT2D eigenvalue weighted by molar-refractivity contribution is 7.26. The first-order valence-electron chi connectivity index (χ1n) is 17.3. The topological polar surface area (TPSA) is 80.5 Å². The van der Waals surface area contributed by atoms with Gasteiger partial charge in [0.2, 0.25) is 0 Å². The number of furan rings is 1. The van der Waals surface area contributed by atoms with Crippen LogP contribution in [0.25, 0.3) is 104 Å². The normalized spacial score (nSPS) is 11.8. The molecule has 11 rings (SSSR count). The van der Waals surface area contributed by atoms with Crippen molar-refractivity contribution < 1.29 is 4.42 Å². The minimum absolute atomic E-state index is 0.429. The number of nitrogens with zero attached hydrogens (tertiary/aromatic N) is 5. The van der Waals surface area contributed by atoms with Crippen LogP contribution in [-0.2, 0) is 0 Å². The fourth-order valence-electron chi connectivity index (χ4n) is 7.81. The Morgan fingerprint density at radius 2 is 1.15 bits per heavy atom. The van der Waals surface area contributed by atoms with Crippen LogP contribution in [-0.4, -0.2) is 19.5 Å². The number of para-hydroxylation sites is 2. The zero-order valence-corrected chi connectivity index (χ0v) is 28.8. The van der Waals surface area contributed by atoms with E-state index in [1.165, 1.54) is 25.6 Å². The van der Waals surface area contributed by atoms with Crippen molar-refractivity contribution in [2.45, 2.75) is 0 Å². The molecule has 6 nitrogen and oxygen atoms in total. The zero-order chi connectivity index (χ0) is 35.0. The highest BCUT2D eigenvalue weighted by Crippen LogP contribution is 2.47. The molecule has 0 fully saturated rings. The Morgan fingerprint density at radius 1 is 0.528 bits per heavy atom. The number of hydrogen-bond donors (Lipinski definition) is 0. The third-order valence-corrected chi connectivity index (χ3v) is 11.2. The third kappa shape index (κ3) is 4.40. The molecular formula is C46H25N5OS. The van der Waals surface area contributed by atoms with Crippen molar-refractivity contribution in [3.8, 4) is 45.9 Å². The molecule has 0 bridgehead atoms. The number of thiophene rings is 1. The Hall–Kier alpha value is -7.14. The van der Waals surface area contributed by atoms with Gasteiger partial charge in [-0.15, -0.1) is 11.3 Å². The number of nitriles is 1. The summed E-state index contributed by atoms with van der Waals surface area (Å²) in [6.45, 7) is 0. The minimum Gasteiger partial charge on any atom is -0.455 e. The Morgan fingerprint density at radius 3 is 1.89 bits per heavy atom. The van der Waals surface area contributed by atoms with Crippen molar-refractivity contribution in [1.29, 1.82) is 5.26 Å². The van der Waals surface area contributed by atoms with Crippen LogP contribution in [0, 0.1) is 11.3 Å². The molecule has 0 aliphatic heterocycles. The molecule has 0 amide bonds. The maximum Gasteiger partial charge on any atom is 0.167 e. The van der Waals surface area contributed by atoms with Crippen LogP contribution in [0.15, 0.2) is 156 Å². The number of rotatable bonds is 4. The van der Waals surface area contributed by atoms with E-state index in [1.807, 2.05) is 84.9 Å². The summed E-state index contributed by atoms with van der Waals surface area (Å²) in [5.74, 6) is 1.50. The quantitative estimate of drug-likeness (QED) is 0.183. The highest BCUT2D eigenvalue weighted by atomic mass is 32.1. The number of aromatic nitrogens is 4. The smallest absolute Gasteiger partial charge is 0.167 e. The van der Waals surface area contributed by atoms with E-state index < -0.39 is 0 Å². The molecule has 0 aliphatic carbocycles. The maximum atomic E-state index is 11.1. The number of benzene rings is 7. The molecule has 7 aromatic carbocycles. The van der Waals surface area contributed by atoms with Crippen LogP contribution in [0.3, 0.4) is 0 Å². The average molecular weight is 696 g/mol. The molecule has 7 heteroatoms. The van der Waals surface area contributed by atoms with E-state index in [1.54, 1.807) is 11.3 Å². The third-order valence-electron chi connectivity index (χ3n) is 10.1. The van der Waals surface area contributed by atoms with Gasteiger partial charge < -0.3 is 8.98 Å². The first-order valence-corrected chi connectivity index (χ1v) is 18.2. The van der Waals surface area contributed by atoms with Crippen LogP contribution in [0.5, 0.6) is 0 Å². The van der Waals surface area contributed by atoms with Crippen LogP contribution in [0.1, 0.15) is 5.56 Å². The molecule has 4 heterocycles. The summed E-state index contributed by atoms with van der Waals surface area (Å²) in [5, 5.41) is 17.6. The van der Waals surface area contributed by atoms with Crippen LogP contribution < -0.4 is 0 Å². The van der Waals surface area contributed by atoms with E-state index in [0.29, 0.717) is 39.8 Å². The Kier molecular flexibility index (Phi) is 6.38. The second-order valence-electron chi connectivity index (χ2n) is 13.1. The number of hydrogen-bond acceptors (Lipinski definition) is 6. The molecule has 0 unspecified atom stereocenters. The van der Waals surface area contributed by atoms with Gasteiger partial charge in [-0.1, -0.05) is 115 Å². The second kappa shape index (κ2) is 11.4. The first-order chi connectivity index (χ1) is 26.2. The molecule has 0 saturated heterocycles. The summed E-state index contributed by atoms with van der Waals surface area (Å²) in [6, 6.07) is 53.8. The Balaban J connectivity index is 1.28. The molecule has 0 atom stereocenters. The molecule has 246 valence electrons. The molecule has 0 radical (unpaired) electrons. The maximum absolute atomic E-state index is 11.1. The van der Waals surface area contributed by atoms with Crippen LogP contribution in [0.2, 0.25) is 0 Å². The minimum atomic E-state index is 0.429. The van der Waals surface area contributed by atoms with E-state index >= 15 is 0 Å². The molecule has 0 spiro atoms. The SMILES string of the molecule is N#Cc1cc(-c2nc(-c3ccccc3)nc(-c3ccccc3)n2)c2oc3ccccc3c2c1-n1c2ccccc2c2c3c(ccc21)sc1ccccc13. The standard InChI is InChI=1S/C46H25N5OS/c47-26-29-25-33(46-49-44(27-13-3-1-4-14-27)48-45(50-46)28-15-5-2-6-16-28)43-41(31-18-8-11-21-36(31)52-43)42(29)51-34-20-10-7-17-30(34)39-35(51)23-24-38-40(39)32-19-9-12-22-37(32)53-38/h1-25H. The lowest BCUT2D eigenvalue weighted by Gasteiger charge is -2.14. The van der Waals surface area contributed by atoms with Crippen LogP contribution >= 0.6 is 11.3 Å². The Bertz CT molecular complexity index is 3240. The van der Waals surface area contributed by atoms with Crippen molar-refractivity contribution in [3.05, 3.63) is 157 Å². The van der Waals surface area contributed by atoms with E-state index in [2.05, 4.69) is 77.4 Å². The summed E-state index contributed by atoms with van der Waals surface area (Å²) in [6.07, 6.45) is 0. The van der Waals surface area contributed by atoms with Crippen molar-refractivity contribution in [3.63, 3.8) is 0 Å². The molecule has 0 saturated carbocycles. The fraction of sp³-hybridized carbons (Fsp3) is 0. The molecular weight excluding hydrogens is 671 g/mol. The Labute approximate surface area is 306 Å². The first kappa shape index (κ1) is 29.6. The van der Waals surface area contributed by atoms with Gasteiger partial charge in [0.15, 0.2) is 17.5 Å². The van der Waals surface area contributed by atoms with Gasteiger partial charge in [-0.05, 0) is 36.4 Å². The average Bonchev–Trinajstić information content (AvgIpc) is 3.90. The highest BCUT2D eigenvalue weighted by Gasteiger charge is 2.27. The second-order valence-corrected chi connectivity index (χ2v) is 14.1. The lowest BCUT2D eigenvalue weighted by Crippen LogP contribution is -2.03. The molecule has 53 heavy (non-hydrogen) atoms. The monoisotopic (exact) mass is 695 g/mol. The molecule has 0 aliphatic rings. The summed E-state index contributed by atoms with van der Waals surface area (Å²) in [7, 11) is 0. The summed E-state index contributed by atoms with van der Waals surface area (Å²) >= 11 is 1.81. The number of fused-ring (bicyclic) bond motifs is 10. The molecule has 0 N–H and O–H groups in total. The molecule has 4 aromatic heterocycles. The summed E-state index contributed by atoms with van der Waals surface area (Å²) < 4.78 is 11.5. The van der Waals surface area contributed by atoms with Gasteiger partial charge in [0, 0.05) is 47.5 Å². The van der Waals surface area contributed by atoms with Crippen molar-refractivity contribution >= 4 is 75.3 Å². The van der Waals surface area contributed by atoms with E-state index in [9.17, 15) is 5.26 Å². The fourth-order valence-corrected chi connectivity index (χ4v) is 8.92.